The second kappa shape index (κ2) is 7.00. The molecule has 0 atom stereocenters. The molecule has 3 N–H and O–H groups in total. The van der Waals surface area contributed by atoms with Crippen LogP contribution in [0.4, 0.5) is 5.13 Å². The van der Waals surface area contributed by atoms with Crippen LogP contribution in [0.25, 0.3) is 0 Å². The molecule has 2 aromatic rings. The summed E-state index contributed by atoms with van der Waals surface area (Å²) in [5.41, 5.74) is 7.70. The molecule has 2 aromatic heterocycles. The fraction of sp³-hybridized carbons (Fsp3) is 0.357. The second-order valence-electron chi connectivity index (χ2n) is 4.53. The van der Waals surface area contributed by atoms with Gasteiger partial charge < -0.3 is 10.6 Å². The molecule has 2 rings (SSSR count). The van der Waals surface area contributed by atoms with Crippen molar-refractivity contribution in [2.24, 2.45) is 5.73 Å². The van der Waals surface area contributed by atoms with Crippen molar-refractivity contribution in [1.29, 1.82) is 5.41 Å². The summed E-state index contributed by atoms with van der Waals surface area (Å²) >= 11 is 1.64. The maximum Gasteiger partial charge on any atom is 0.185 e. The summed E-state index contributed by atoms with van der Waals surface area (Å²) < 4.78 is 0. The Kier molecular flexibility index (Phi) is 5.06. The molecule has 0 bridgehead atoms. The van der Waals surface area contributed by atoms with E-state index >= 15 is 0 Å². The third kappa shape index (κ3) is 4.03. The molecule has 0 saturated carbocycles. The van der Waals surface area contributed by atoms with E-state index in [1.807, 2.05) is 18.3 Å². The van der Waals surface area contributed by atoms with Crippen molar-refractivity contribution in [2.75, 3.05) is 11.4 Å². The van der Waals surface area contributed by atoms with Gasteiger partial charge in [-0.05, 0) is 18.1 Å². The van der Waals surface area contributed by atoms with Gasteiger partial charge in [0, 0.05) is 37.3 Å². The van der Waals surface area contributed by atoms with Gasteiger partial charge in [-0.3, -0.25) is 10.4 Å². The summed E-state index contributed by atoms with van der Waals surface area (Å²) in [7, 11) is 0. The number of nitrogens with one attached hydrogen (secondary N) is 1. The highest BCUT2D eigenvalue weighted by molar-refractivity contribution is 7.13. The molecule has 106 valence electrons. The normalized spacial score (nSPS) is 10.4. The second-order valence-corrected chi connectivity index (χ2v) is 5.37. The van der Waals surface area contributed by atoms with Crippen LogP contribution in [0.1, 0.15) is 24.6 Å². The van der Waals surface area contributed by atoms with Gasteiger partial charge in [0.15, 0.2) is 5.13 Å². The summed E-state index contributed by atoms with van der Waals surface area (Å²) in [5.74, 6) is 0.202. The third-order valence-corrected chi connectivity index (χ3v) is 3.87. The van der Waals surface area contributed by atoms with Crippen LogP contribution in [-0.4, -0.2) is 22.3 Å². The highest BCUT2D eigenvalue weighted by Crippen LogP contribution is 2.22. The number of pyridine rings is 1. The quantitative estimate of drug-likeness (QED) is 0.606. The number of nitrogens with two attached hydrogens (primary N) is 1. The van der Waals surface area contributed by atoms with Gasteiger partial charge in [-0.25, -0.2) is 4.98 Å². The molecule has 0 aromatic carbocycles. The van der Waals surface area contributed by atoms with Crippen molar-refractivity contribution in [2.45, 2.75) is 26.3 Å². The molecule has 0 amide bonds. The fourth-order valence-electron chi connectivity index (χ4n) is 1.81. The van der Waals surface area contributed by atoms with E-state index < -0.39 is 0 Å². The first-order chi connectivity index (χ1) is 9.69. The largest absolute Gasteiger partial charge is 0.388 e. The number of anilines is 1. The minimum Gasteiger partial charge on any atom is -0.388 e. The lowest BCUT2D eigenvalue weighted by Gasteiger charge is -2.21. The lowest BCUT2D eigenvalue weighted by atomic mass is 10.2. The molecule has 0 saturated heterocycles. The summed E-state index contributed by atoms with van der Waals surface area (Å²) in [6.07, 6.45) is 5.10. The van der Waals surface area contributed by atoms with Gasteiger partial charge >= 0.3 is 0 Å². The zero-order valence-corrected chi connectivity index (χ0v) is 12.4. The van der Waals surface area contributed by atoms with Crippen LogP contribution >= 0.6 is 11.3 Å². The molecule has 0 fully saturated rings. The van der Waals surface area contributed by atoms with Crippen molar-refractivity contribution in [1.82, 2.24) is 9.97 Å². The first-order valence-corrected chi connectivity index (χ1v) is 7.48. The number of nitrogens with zero attached hydrogens (tertiary/aromatic N) is 3. The molecule has 0 radical (unpaired) electrons. The van der Waals surface area contributed by atoms with Gasteiger partial charge in [0.05, 0.1) is 11.5 Å². The third-order valence-electron chi connectivity index (χ3n) is 2.92. The van der Waals surface area contributed by atoms with Crippen molar-refractivity contribution in [3.63, 3.8) is 0 Å². The van der Waals surface area contributed by atoms with E-state index in [1.165, 1.54) is 0 Å². The molecule has 0 unspecified atom stereocenters. The molecule has 0 spiro atoms. The van der Waals surface area contributed by atoms with Crippen LogP contribution < -0.4 is 10.6 Å². The molecular formula is C14H19N5S. The van der Waals surface area contributed by atoms with E-state index in [-0.39, 0.29) is 5.84 Å². The predicted octanol–water partition coefficient (Wildman–Crippen LogP) is 2.43. The molecule has 0 aliphatic heterocycles. The van der Waals surface area contributed by atoms with Crippen LogP contribution in [0.2, 0.25) is 0 Å². The first kappa shape index (κ1) is 14.5. The first-order valence-electron chi connectivity index (χ1n) is 6.60. The lowest BCUT2D eigenvalue weighted by molar-refractivity contribution is 0.791. The van der Waals surface area contributed by atoms with E-state index in [2.05, 4.69) is 27.2 Å². The Balaban J connectivity index is 2.13. The lowest BCUT2D eigenvalue weighted by Crippen LogP contribution is -2.27. The Bertz CT molecular complexity index is 552. The van der Waals surface area contributed by atoms with Gasteiger partial charge in [0.25, 0.3) is 0 Å². The summed E-state index contributed by atoms with van der Waals surface area (Å²) in [4.78, 5) is 10.9. The van der Waals surface area contributed by atoms with Crippen molar-refractivity contribution in [3.05, 3.63) is 41.2 Å². The summed E-state index contributed by atoms with van der Waals surface area (Å²) in [6.45, 7) is 3.53. The van der Waals surface area contributed by atoms with Crippen molar-refractivity contribution >= 4 is 22.3 Å². The maximum absolute atomic E-state index is 7.39. The monoisotopic (exact) mass is 289 g/mol. The molecule has 0 aliphatic rings. The van der Waals surface area contributed by atoms with Gasteiger partial charge in [0.1, 0.15) is 0 Å². The number of rotatable bonds is 7. The van der Waals surface area contributed by atoms with E-state index in [9.17, 15) is 0 Å². The predicted molar refractivity (Wildman–Crippen MR) is 83.3 cm³/mol. The zero-order valence-electron chi connectivity index (χ0n) is 11.5. The zero-order chi connectivity index (χ0) is 14.4. The molecule has 5 nitrogen and oxygen atoms in total. The Morgan fingerprint density at radius 3 is 2.95 bits per heavy atom. The SMILES string of the molecule is CCc1csc(N(CCC(=N)N)Cc2cccnc2)n1. The molecule has 2 heterocycles. The minimum absolute atomic E-state index is 0.202. The fourth-order valence-corrected chi connectivity index (χ4v) is 2.75. The Labute approximate surface area is 123 Å². The van der Waals surface area contributed by atoms with E-state index in [0.717, 1.165) is 29.4 Å². The summed E-state index contributed by atoms with van der Waals surface area (Å²) in [5, 5.41) is 10.5. The van der Waals surface area contributed by atoms with Gasteiger partial charge in [-0.1, -0.05) is 13.0 Å². The van der Waals surface area contributed by atoms with Crippen molar-refractivity contribution in [3.8, 4) is 0 Å². The van der Waals surface area contributed by atoms with Crippen LogP contribution in [0.15, 0.2) is 29.9 Å². The number of aromatic nitrogens is 2. The van der Waals surface area contributed by atoms with Crippen LogP contribution in [0.5, 0.6) is 0 Å². The standard InChI is InChI=1S/C14H19N5S/c1-2-12-10-20-14(18-12)19(7-5-13(15)16)9-11-4-3-6-17-8-11/h3-4,6,8,10H,2,5,7,9H2,1H3,(H3,15,16). The average Bonchev–Trinajstić information content (AvgIpc) is 2.93. The average molecular weight is 289 g/mol. The van der Waals surface area contributed by atoms with E-state index in [1.54, 1.807) is 17.5 Å². The molecule has 0 aliphatic carbocycles. The van der Waals surface area contributed by atoms with Crippen LogP contribution in [-0.2, 0) is 13.0 Å². The molecular weight excluding hydrogens is 270 g/mol. The van der Waals surface area contributed by atoms with Crippen molar-refractivity contribution < 1.29 is 0 Å². The highest BCUT2D eigenvalue weighted by atomic mass is 32.1. The number of thiazole rings is 1. The van der Waals surface area contributed by atoms with Gasteiger partial charge in [-0.2, -0.15) is 0 Å². The Morgan fingerprint density at radius 2 is 2.35 bits per heavy atom. The summed E-state index contributed by atoms with van der Waals surface area (Å²) in [6, 6.07) is 3.97. The number of aryl methyl sites for hydroxylation is 1. The van der Waals surface area contributed by atoms with Gasteiger partial charge in [0.2, 0.25) is 0 Å². The number of amidine groups is 1. The van der Waals surface area contributed by atoms with E-state index in [4.69, 9.17) is 11.1 Å². The van der Waals surface area contributed by atoms with Gasteiger partial charge in [-0.15, -0.1) is 11.3 Å². The Hall–Kier alpha value is -1.95. The van der Waals surface area contributed by atoms with Crippen LogP contribution in [0, 0.1) is 5.41 Å². The van der Waals surface area contributed by atoms with E-state index in [0.29, 0.717) is 13.0 Å². The minimum atomic E-state index is 0.202. The number of hydrogen-bond acceptors (Lipinski definition) is 5. The smallest absolute Gasteiger partial charge is 0.185 e. The number of hydrogen-bond donors (Lipinski definition) is 2. The molecule has 6 heteroatoms. The maximum atomic E-state index is 7.39. The highest BCUT2D eigenvalue weighted by Gasteiger charge is 2.12. The molecule has 20 heavy (non-hydrogen) atoms. The Morgan fingerprint density at radius 1 is 1.50 bits per heavy atom. The topological polar surface area (TPSA) is 78.9 Å². The van der Waals surface area contributed by atoms with Crippen LogP contribution in [0.3, 0.4) is 0 Å².